The molecule has 0 bridgehead atoms. The van der Waals surface area contributed by atoms with Gasteiger partial charge in [0.25, 0.3) is 0 Å². The van der Waals surface area contributed by atoms with Gasteiger partial charge in [-0.25, -0.2) is 8.42 Å². The van der Waals surface area contributed by atoms with Crippen molar-refractivity contribution in [1.29, 1.82) is 0 Å². The summed E-state index contributed by atoms with van der Waals surface area (Å²) in [5.41, 5.74) is 1.85. The largest absolute Gasteiger partial charge is 0.396 e. The van der Waals surface area contributed by atoms with Crippen molar-refractivity contribution in [2.24, 2.45) is 0 Å². The van der Waals surface area contributed by atoms with Gasteiger partial charge in [0.2, 0.25) is 0 Å². The Hall–Kier alpha value is -1.37. The third-order valence-electron chi connectivity index (χ3n) is 4.03. The molecule has 0 unspecified atom stereocenters. The van der Waals surface area contributed by atoms with Gasteiger partial charge in [-0.3, -0.25) is 4.90 Å². The fraction of sp³-hybridized carbons (Fsp3) is 0.467. The molecule has 1 aromatic carbocycles. The predicted molar refractivity (Wildman–Crippen MR) is 81.9 cm³/mol. The van der Waals surface area contributed by atoms with Gasteiger partial charge >= 0.3 is 0 Å². The second-order valence-electron chi connectivity index (χ2n) is 5.56. The predicted octanol–water partition coefficient (Wildman–Crippen LogP) is 1.53. The smallest absolute Gasteiger partial charge is 0.191 e. The van der Waals surface area contributed by atoms with Gasteiger partial charge in [0.15, 0.2) is 9.84 Å². The molecule has 0 amide bonds. The van der Waals surface area contributed by atoms with Crippen LogP contribution in [0.25, 0.3) is 10.9 Å². The summed E-state index contributed by atoms with van der Waals surface area (Å²) in [4.78, 5) is 5.46. The van der Waals surface area contributed by atoms with Gasteiger partial charge in [0.05, 0.1) is 4.90 Å². The van der Waals surface area contributed by atoms with Crippen molar-refractivity contribution < 1.29 is 13.5 Å². The summed E-state index contributed by atoms with van der Waals surface area (Å²) in [6.45, 7) is 1.78. The van der Waals surface area contributed by atoms with Crippen LogP contribution in [0.1, 0.15) is 18.4 Å². The van der Waals surface area contributed by atoms with E-state index in [-0.39, 0.29) is 12.5 Å². The average molecular weight is 308 g/mol. The van der Waals surface area contributed by atoms with E-state index in [0.29, 0.717) is 11.3 Å². The number of nitrogens with one attached hydrogen (secondary N) is 1. The molecule has 114 valence electrons. The number of fused-ring (bicyclic) bond motifs is 1. The van der Waals surface area contributed by atoms with Crippen molar-refractivity contribution in [2.45, 2.75) is 24.2 Å². The minimum Gasteiger partial charge on any atom is -0.396 e. The number of aliphatic hydroxyl groups excluding tert-OH is 1. The first-order chi connectivity index (χ1) is 10.1. The maximum absolute atomic E-state index is 12.5. The van der Waals surface area contributed by atoms with Crippen LogP contribution in [0.3, 0.4) is 0 Å². The molecule has 1 aliphatic heterocycles. The third kappa shape index (κ3) is 2.97. The Morgan fingerprint density at radius 2 is 2.00 bits per heavy atom. The minimum absolute atomic E-state index is 0.0533. The Bertz CT molecular complexity index is 730. The van der Waals surface area contributed by atoms with Crippen LogP contribution in [0.4, 0.5) is 0 Å². The summed E-state index contributed by atoms with van der Waals surface area (Å²) in [6.07, 6.45) is 4.51. The van der Waals surface area contributed by atoms with Crippen LogP contribution in [0.15, 0.2) is 29.3 Å². The summed E-state index contributed by atoms with van der Waals surface area (Å²) in [6, 6.07) is 5.18. The lowest BCUT2D eigenvalue weighted by molar-refractivity contribution is 0.300. The van der Waals surface area contributed by atoms with Crippen molar-refractivity contribution in [3.8, 4) is 0 Å². The molecule has 2 heterocycles. The fourth-order valence-electron chi connectivity index (χ4n) is 2.90. The quantitative estimate of drug-likeness (QED) is 0.878. The normalized spacial score (nSPS) is 16.8. The fourth-order valence-corrected chi connectivity index (χ4v) is 4.37. The molecular formula is C15H20N2O3S. The van der Waals surface area contributed by atoms with E-state index in [2.05, 4.69) is 4.98 Å². The van der Waals surface area contributed by atoms with Crippen LogP contribution in [0, 0.1) is 0 Å². The van der Waals surface area contributed by atoms with Crippen molar-refractivity contribution >= 4 is 20.7 Å². The number of rotatable bonds is 5. The zero-order valence-electron chi connectivity index (χ0n) is 11.9. The van der Waals surface area contributed by atoms with Crippen LogP contribution in [0.2, 0.25) is 0 Å². The second kappa shape index (κ2) is 5.79. The number of sulfone groups is 1. The number of nitrogens with zero attached hydrogens (tertiary/aromatic N) is 1. The molecule has 5 nitrogen and oxygen atoms in total. The molecule has 0 spiro atoms. The van der Waals surface area contributed by atoms with E-state index in [1.807, 2.05) is 11.1 Å². The Morgan fingerprint density at radius 3 is 2.71 bits per heavy atom. The highest BCUT2D eigenvalue weighted by Crippen LogP contribution is 2.24. The first-order valence-electron chi connectivity index (χ1n) is 7.26. The first kappa shape index (κ1) is 14.6. The van der Waals surface area contributed by atoms with E-state index < -0.39 is 9.84 Å². The zero-order valence-corrected chi connectivity index (χ0v) is 12.7. The molecule has 0 radical (unpaired) electrons. The number of hydrogen-bond donors (Lipinski definition) is 2. The van der Waals surface area contributed by atoms with Crippen molar-refractivity contribution in [1.82, 2.24) is 9.88 Å². The first-order valence-corrected chi connectivity index (χ1v) is 8.91. The number of H-pyrrole nitrogens is 1. The van der Waals surface area contributed by atoms with Gasteiger partial charge in [-0.2, -0.15) is 0 Å². The summed E-state index contributed by atoms with van der Waals surface area (Å²) < 4.78 is 25.0. The molecule has 21 heavy (non-hydrogen) atoms. The highest BCUT2D eigenvalue weighted by atomic mass is 32.2. The Kier molecular flexibility index (Phi) is 4.01. The molecule has 3 rings (SSSR count). The highest BCUT2D eigenvalue weighted by Gasteiger charge is 2.22. The van der Waals surface area contributed by atoms with Crippen LogP contribution >= 0.6 is 0 Å². The number of benzene rings is 1. The monoisotopic (exact) mass is 308 g/mol. The molecule has 6 heteroatoms. The van der Waals surface area contributed by atoms with E-state index >= 15 is 0 Å². The summed E-state index contributed by atoms with van der Waals surface area (Å²) in [7, 11) is -3.30. The van der Waals surface area contributed by atoms with Crippen LogP contribution < -0.4 is 0 Å². The lowest BCUT2D eigenvalue weighted by Crippen LogP contribution is -2.27. The van der Waals surface area contributed by atoms with Gasteiger partial charge in [-0.1, -0.05) is 0 Å². The molecule has 0 aliphatic carbocycles. The topological polar surface area (TPSA) is 73.4 Å². The molecule has 1 aliphatic rings. The number of aromatic amines is 1. The third-order valence-corrected chi connectivity index (χ3v) is 5.71. The van der Waals surface area contributed by atoms with Crippen LogP contribution in [-0.4, -0.2) is 49.0 Å². The molecule has 1 aromatic heterocycles. The Labute approximate surface area is 124 Å². The van der Waals surface area contributed by atoms with E-state index in [9.17, 15) is 8.42 Å². The molecule has 2 aromatic rings. The summed E-state index contributed by atoms with van der Waals surface area (Å²) in [5, 5.41) is 9.96. The van der Waals surface area contributed by atoms with E-state index in [4.69, 9.17) is 5.11 Å². The molecule has 2 N–H and O–H groups in total. The lowest BCUT2D eigenvalue weighted by Gasteiger charge is -2.14. The Balaban J connectivity index is 1.93. The molecule has 1 saturated heterocycles. The number of aromatic nitrogens is 1. The summed E-state index contributed by atoms with van der Waals surface area (Å²) in [5.74, 6) is 0.0955. The molecule has 0 atom stereocenters. The lowest BCUT2D eigenvalue weighted by atomic mass is 10.1. The molecule has 1 fully saturated rings. The van der Waals surface area contributed by atoms with E-state index in [1.54, 1.807) is 18.2 Å². The summed E-state index contributed by atoms with van der Waals surface area (Å²) >= 11 is 0. The van der Waals surface area contributed by atoms with Gasteiger partial charge in [0, 0.05) is 23.7 Å². The minimum atomic E-state index is -3.30. The maximum atomic E-state index is 12.5. The second-order valence-corrected chi connectivity index (χ2v) is 7.52. The van der Waals surface area contributed by atoms with E-state index in [1.165, 1.54) is 0 Å². The van der Waals surface area contributed by atoms with Crippen LogP contribution in [0.5, 0.6) is 0 Å². The van der Waals surface area contributed by atoms with Gasteiger partial charge in [-0.05, 0) is 56.1 Å². The van der Waals surface area contributed by atoms with E-state index in [0.717, 1.165) is 42.4 Å². The number of aliphatic hydroxyl groups is 1. The van der Waals surface area contributed by atoms with Gasteiger partial charge in [0.1, 0.15) is 5.88 Å². The van der Waals surface area contributed by atoms with Gasteiger partial charge in [-0.15, -0.1) is 0 Å². The Morgan fingerprint density at radius 1 is 1.24 bits per heavy atom. The number of hydrogen-bond acceptors (Lipinski definition) is 4. The maximum Gasteiger partial charge on any atom is 0.191 e. The van der Waals surface area contributed by atoms with Gasteiger partial charge < -0.3 is 10.1 Å². The molecular weight excluding hydrogens is 288 g/mol. The standard InChI is InChI=1S/C15H20N2O3S/c18-8-5-12-10-16-15-4-3-13(9-14(12)15)21(19,20)11-17-6-1-2-7-17/h3-4,9-10,16,18H,1-2,5-8,11H2. The van der Waals surface area contributed by atoms with Crippen LogP contribution in [-0.2, 0) is 16.3 Å². The molecule has 0 saturated carbocycles. The average Bonchev–Trinajstić information content (AvgIpc) is 3.08. The van der Waals surface area contributed by atoms with Crippen molar-refractivity contribution in [3.05, 3.63) is 30.0 Å². The SMILES string of the molecule is O=S(=O)(CN1CCCC1)c1ccc2[nH]cc(CCO)c2c1. The highest BCUT2D eigenvalue weighted by molar-refractivity contribution is 7.91. The van der Waals surface area contributed by atoms with Crippen molar-refractivity contribution in [3.63, 3.8) is 0 Å². The number of likely N-dealkylation sites (tertiary alicyclic amines) is 1. The zero-order chi connectivity index (χ0) is 14.9. The van der Waals surface area contributed by atoms with Crippen molar-refractivity contribution in [2.75, 3.05) is 25.6 Å².